The number of pyridine rings is 1. The molecule has 5 heteroatoms. The second kappa shape index (κ2) is 6.20. The van der Waals surface area contributed by atoms with Crippen molar-refractivity contribution in [2.75, 3.05) is 5.32 Å². The third kappa shape index (κ3) is 3.96. The molecule has 1 aromatic heterocycles. The number of benzene rings is 1. The molecule has 4 nitrogen and oxygen atoms in total. The Bertz CT molecular complexity index is 573. The van der Waals surface area contributed by atoms with Gasteiger partial charge < -0.3 is 10.4 Å². The van der Waals surface area contributed by atoms with Crippen LogP contribution in [0.5, 0.6) is 5.75 Å². The average Bonchev–Trinajstić information content (AvgIpc) is 2.42. The largest absolute Gasteiger partial charge is 0.506 e. The Hall–Kier alpha value is -2.07. The van der Waals surface area contributed by atoms with Crippen LogP contribution >= 0.6 is 11.6 Å². The van der Waals surface area contributed by atoms with Crippen molar-refractivity contribution in [2.24, 2.45) is 0 Å². The lowest BCUT2D eigenvalue weighted by molar-refractivity contribution is -0.116. The van der Waals surface area contributed by atoms with Gasteiger partial charge in [-0.15, -0.1) is 0 Å². The molecule has 0 saturated carbocycles. The predicted octanol–water partition coefficient (Wildman–Crippen LogP) is 3.01. The maximum atomic E-state index is 11.7. The van der Waals surface area contributed by atoms with Gasteiger partial charge in [-0.2, -0.15) is 0 Å². The van der Waals surface area contributed by atoms with Gasteiger partial charge in [0.1, 0.15) is 5.75 Å². The first-order valence-electron chi connectivity index (χ1n) is 5.83. The minimum atomic E-state index is -0.118. The van der Waals surface area contributed by atoms with Gasteiger partial charge in [-0.1, -0.05) is 17.7 Å². The van der Waals surface area contributed by atoms with Crippen molar-refractivity contribution in [3.8, 4) is 5.75 Å². The van der Waals surface area contributed by atoms with E-state index in [1.165, 1.54) is 12.1 Å². The van der Waals surface area contributed by atoms with E-state index in [9.17, 15) is 9.90 Å². The molecule has 2 rings (SSSR count). The van der Waals surface area contributed by atoms with Crippen LogP contribution in [0, 0.1) is 0 Å². The van der Waals surface area contributed by atoms with Crippen LogP contribution in [0.1, 0.15) is 12.1 Å². The van der Waals surface area contributed by atoms with Crippen LogP contribution in [0.2, 0.25) is 5.02 Å². The fourth-order valence-corrected chi connectivity index (χ4v) is 1.78. The fraction of sp³-hybridized carbons (Fsp3) is 0.143. The molecule has 0 bridgehead atoms. The molecule has 98 valence electrons. The van der Waals surface area contributed by atoms with E-state index in [-0.39, 0.29) is 16.7 Å². The third-order valence-corrected chi connectivity index (χ3v) is 2.87. The molecular formula is C14H13ClN2O2. The number of nitrogens with zero attached hydrogens (tertiary/aromatic N) is 1. The Labute approximate surface area is 116 Å². The molecule has 2 aromatic rings. The monoisotopic (exact) mass is 276 g/mol. The molecule has 0 radical (unpaired) electrons. The molecule has 1 amide bonds. The summed E-state index contributed by atoms with van der Waals surface area (Å²) in [5, 5.41) is 12.2. The van der Waals surface area contributed by atoms with Crippen LogP contribution in [0.25, 0.3) is 0 Å². The van der Waals surface area contributed by atoms with Crippen molar-refractivity contribution in [3.63, 3.8) is 0 Å². The average molecular weight is 277 g/mol. The lowest BCUT2D eigenvalue weighted by atomic mass is 10.2. The number of amides is 1. The SMILES string of the molecule is O=C(CCc1ccccn1)Nc1ccc(O)c(Cl)c1. The number of aromatic hydroxyl groups is 1. The third-order valence-electron chi connectivity index (χ3n) is 2.57. The van der Waals surface area contributed by atoms with E-state index < -0.39 is 0 Å². The van der Waals surface area contributed by atoms with Crippen LogP contribution < -0.4 is 5.32 Å². The van der Waals surface area contributed by atoms with Crippen LogP contribution in [0.3, 0.4) is 0 Å². The maximum absolute atomic E-state index is 11.7. The van der Waals surface area contributed by atoms with Crippen LogP contribution in [0.15, 0.2) is 42.6 Å². The van der Waals surface area contributed by atoms with Gasteiger partial charge in [0.25, 0.3) is 0 Å². The molecule has 19 heavy (non-hydrogen) atoms. The smallest absolute Gasteiger partial charge is 0.224 e. The quantitative estimate of drug-likeness (QED) is 0.844. The molecule has 0 fully saturated rings. The first-order valence-corrected chi connectivity index (χ1v) is 6.21. The molecule has 0 aliphatic rings. The fourth-order valence-electron chi connectivity index (χ4n) is 1.60. The summed E-state index contributed by atoms with van der Waals surface area (Å²) < 4.78 is 0. The molecule has 0 saturated heterocycles. The van der Waals surface area contributed by atoms with E-state index in [1.54, 1.807) is 12.3 Å². The van der Waals surface area contributed by atoms with E-state index in [2.05, 4.69) is 10.3 Å². The van der Waals surface area contributed by atoms with Crippen molar-refractivity contribution in [2.45, 2.75) is 12.8 Å². The van der Waals surface area contributed by atoms with Gasteiger partial charge in [-0.05, 0) is 36.8 Å². The zero-order valence-corrected chi connectivity index (χ0v) is 10.9. The zero-order valence-electron chi connectivity index (χ0n) is 10.1. The van der Waals surface area contributed by atoms with E-state index >= 15 is 0 Å². The number of halogens is 1. The Kier molecular flexibility index (Phi) is 4.36. The van der Waals surface area contributed by atoms with Gasteiger partial charge >= 0.3 is 0 Å². The highest BCUT2D eigenvalue weighted by Gasteiger charge is 2.05. The number of aryl methyl sites for hydroxylation is 1. The first kappa shape index (κ1) is 13.4. The van der Waals surface area contributed by atoms with Gasteiger partial charge in [0, 0.05) is 24.0 Å². The summed E-state index contributed by atoms with van der Waals surface area (Å²) in [5.74, 6) is -0.124. The zero-order chi connectivity index (χ0) is 13.7. The molecule has 1 heterocycles. The molecule has 1 aromatic carbocycles. The normalized spacial score (nSPS) is 10.2. The summed E-state index contributed by atoms with van der Waals surface area (Å²) in [5.41, 5.74) is 1.44. The van der Waals surface area contributed by atoms with Crippen LogP contribution in [-0.4, -0.2) is 16.0 Å². The number of hydrogen-bond acceptors (Lipinski definition) is 3. The number of carbonyl (C=O) groups is 1. The summed E-state index contributed by atoms with van der Waals surface area (Å²) >= 11 is 5.76. The van der Waals surface area contributed by atoms with E-state index in [4.69, 9.17) is 11.6 Å². The van der Waals surface area contributed by atoms with Crippen molar-refractivity contribution >= 4 is 23.2 Å². The highest BCUT2D eigenvalue weighted by molar-refractivity contribution is 6.32. The highest BCUT2D eigenvalue weighted by atomic mass is 35.5. The number of nitrogens with one attached hydrogen (secondary N) is 1. The topological polar surface area (TPSA) is 62.2 Å². The predicted molar refractivity (Wildman–Crippen MR) is 74.3 cm³/mol. The Balaban J connectivity index is 1.89. The van der Waals surface area contributed by atoms with Gasteiger partial charge in [-0.3, -0.25) is 9.78 Å². The van der Waals surface area contributed by atoms with Crippen molar-refractivity contribution in [1.82, 2.24) is 4.98 Å². The second-order valence-electron chi connectivity index (χ2n) is 4.04. The van der Waals surface area contributed by atoms with Gasteiger partial charge in [0.15, 0.2) is 0 Å². The molecule has 0 atom stereocenters. The standard InChI is InChI=1S/C14H13ClN2O2/c15-12-9-11(4-6-13(12)18)17-14(19)7-5-10-3-1-2-8-16-10/h1-4,6,8-9,18H,5,7H2,(H,17,19). The molecule has 0 spiro atoms. The number of carbonyl (C=O) groups excluding carboxylic acids is 1. The van der Waals surface area contributed by atoms with Gasteiger partial charge in [0.2, 0.25) is 5.91 Å². The molecule has 2 N–H and O–H groups in total. The number of aromatic nitrogens is 1. The summed E-state index contributed by atoms with van der Waals surface area (Å²) in [6, 6.07) is 10.2. The number of hydrogen-bond donors (Lipinski definition) is 2. The second-order valence-corrected chi connectivity index (χ2v) is 4.44. The molecular weight excluding hydrogens is 264 g/mol. The summed E-state index contributed by atoms with van der Waals surface area (Å²) in [7, 11) is 0. The summed E-state index contributed by atoms with van der Waals surface area (Å²) in [6.45, 7) is 0. The number of phenolic OH excluding ortho intramolecular Hbond substituents is 1. The Morgan fingerprint density at radius 2 is 2.16 bits per heavy atom. The highest BCUT2D eigenvalue weighted by Crippen LogP contribution is 2.26. The lowest BCUT2D eigenvalue weighted by Gasteiger charge is -2.06. The summed E-state index contributed by atoms with van der Waals surface area (Å²) in [4.78, 5) is 15.9. The molecule has 0 aliphatic carbocycles. The van der Waals surface area contributed by atoms with Crippen LogP contribution in [-0.2, 0) is 11.2 Å². The number of anilines is 1. The maximum Gasteiger partial charge on any atom is 0.224 e. The van der Waals surface area contributed by atoms with Crippen molar-refractivity contribution < 1.29 is 9.90 Å². The van der Waals surface area contributed by atoms with Gasteiger partial charge in [-0.25, -0.2) is 0 Å². The molecule has 0 aliphatic heterocycles. The van der Waals surface area contributed by atoms with Crippen molar-refractivity contribution in [3.05, 3.63) is 53.3 Å². The lowest BCUT2D eigenvalue weighted by Crippen LogP contribution is -2.12. The van der Waals surface area contributed by atoms with E-state index in [1.807, 2.05) is 18.2 Å². The minimum absolute atomic E-state index is 0.00634. The van der Waals surface area contributed by atoms with Gasteiger partial charge in [0.05, 0.1) is 5.02 Å². The van der Waals surface area contributed by atoms with Crippen LogP contribution in [0.4, 0.5) is 5.69 Å². The van der Waals surface area contributed by atoms with Crippen molar-refractivity contribution in [1.29, 1.82) is 0 Å². The molecule has 0 unspecified atom stereocenters. The first-order chi connectivity index (χ1) is 9.15. The Morgan fingerprint density at radius 3 is 2.84 bits per heavy atom. The Morgan fingerprint density at radius 1 is 1.32 bits per heavy atom. The number of rotatable bonds is 4. The summed E-state index contributed by atoms with van der Waals surface area (Å²) in [6.07, 6.45) is 2.63. The number of phenols is 1. The van der Waals surface area contributed by atoms with E-state index in [0.29, 0.717) is 18.5 Å². The minimum Gasteiger partial charge on any atom is -0.506 e. The van der Waals surface area contributed by atoms with E-state index in [0.717, 1.165) is 5.69 Å².